The van der Waals surface area contributed by atoms with Crippen molar-refractivity contribution in [3.05, 3.63) is 0 Å². The summed E-state index contributed by atoms with van der Waals surface area (Å²) in [6, 6.07) is 0. The van der Waals surface area contributed by atoms with Gasteiger partial charge in [-0.15, -0.1) is 0 Å². The summed E-state index contributed by atoms with van der Waals surface area (Å²) >= 11 is 0. The number of hydrogen-bond donors (Lipinski definition) is 1. The average Bonchev–Trinajstić information content (AvgIpc) is 2.79. The molecule has 1 atom stereocenters. The van der Waals surface area contributed by atoms with Gasteiger partial charge in [-0.1, -0.05) is 26.2 Å². The van der Waals surface area contributed by atoms with Crippen LogP contribution in [0.3, 0.4) is 0 Å². The van der Waals surface area contributed by atoms with Crippen molar-refractivity contribution in [3.63, 3.8) is 0 Å². The van der Waals surface area contributed by atoms with E-state index in [1.54, 1.807) is 0 Å². The number of unbranched alkanes of at least 4 members (excludes halogenated alkanes) is 1. The van der Waals surface area contributed by atoms with E-state index in [0.29, 0.717) is 17.4 Å². The van der Waals surface area contributed by atoms with Gasteiger partial charge in [-0.3, -0.25) is 0 Å². The van der Waals surface area contributed by atoms with Crippen LogP contribution in [-0.2, 0) is 9.84 Å². The van der Waals surface area contributed by atoms with Crippen molar-refractivity contribution < 1.29 is 8.42 Å². The molecule has 0 spiro atoms. The molecule has 1 N–H and O–H groups in total. The number of sulfone groups is 1. The van der Waals surface area contributed by atoms with Crippen LogP contribution < -0.4 is 5.32 Å². The van der Waals surface area contributed by atoms with Gasteiger partial charge in [0.05, 0.1) is 11.5 Å². The topological polar surface area (TPSA) is 46.2 Å². The van der Waals surface area contributed by atoms with Crippen molar-refractivity contribution in [2.45, 2.75) is 58.3 Å². The Labute approximate surface area is 124 Å². The van der Waals surface area contributed by atoms with Gasteiger partial charge in [0.2, 0.25) is 0 Å². The summed E-state index contributed by atoms with van der Waals surface area (Å²) in [4.78, 5) is 0. The Balaban J connectivity index is 1.98. The van der Waals surface area contributed by atoms with Crippen molar-refractivity contribution in [2.24, 2.45) is 17.3 Å². The van der Waals surface area contributed by atoms with Crippen LogP contribution in [0.5, 0.6) is 0 Å². The minimum absolute atomic E-state index is 0.251. The fourth-order valence-electron chi connectivity index (χ4n) is 4.39. The number of nitrogens with one attached hydrogen (secondary N) is 1. The molecule has 0 aromatic carbocycles. The Morgan fingerprint density at radius 3 is 2.40 bits per heavy atom. The molecule has 1 saturated carbocycles. The lowest BCUT2D eigenvalue weighted by Gasteiger charge is -2.44. The zero-order valence-corrected chi connectivity index (χ0v) is 14.0. The third-order valence-electron chi connectivity index (χ3n) is 5.69. The van der Waals surface area contributed by atoms with E-state index in [1.807, 2.05) is 7.05 Å². The number of hydrogen-bond acceptors (Lipinski definition) is 3. The van der Waals surface area contributed by atoms with E-state index < -0.39 is 9.84 Å². The fourth-order valence-corrected chi connectivity index (χ4v) is 6.34. The third kappa shape index (κ3) is 3.76. The molecule has 2 fully saturated rings. The molecule has 0 radical (unpaired) electrons. The van der Waals surface area contributed by atoms with E-state index in [4.69, 9.17) is 0 Å². The molecule has 2 aliphatic rings. The highest BCUT2D eigenvalue weighted by Crippen LogP contribution is 2.48. The molecule has 1 aliphatic heterocycles. The average molecular weight is 301 g/mol. The summed E-state index contributed by atoms with van der Waals surface area (Å²) in [5.74, 6) is 2.14. The van der Waals surface area contributed by atoms with Crippen molar-refractivity contribution >= 4 is 9.84 Å². The van der Waals surface area contributed by atoms with E-state index in [-0.39, 0.29) is 5.41 Å². The molecular formula is C16H31NO2S. The predicted octanol–water partition coefficient (Wildman–Crippen LogP) is 3.01. The van der Waals surface area contributed by atoms with E-state index in [0.717, 1.165) is 18.9 Å². The van der Waals surface area contributed by atoms with E-state index in [1.165, 1.54) is 44.9 Å². The molecule has 0 bridgehead atoms. The molecule has 0 aromatic heterocycles. The Kier molecular flexibility index (Phi) is 5.52. The monoisotopic (exact) mass is 301 g/mol. The summed E-state index contributed by atoms with van der Waals surface area (Å²) < 4.78 is 23.6. The van der Waals surface area contributed by atoms with Gasteiger partial charge in [0.15, 0.2) is 9.84 Å². The molecule has 4 heteroatoms. The van der Waals surface area contributed by atoms with Gasteiger partial charge in [-0.05, 0) is 56.4 Å². The molecule has 0 amide bonds. The zero-order chi connectivity index (χ0) is 14.6. The normalized spacial score (nSPS) is 37.1. The molecule has 2 rings (SSSR count). The molecule has 1 aliphatic carbocycles. The molecule has 3 nitrogen and oxygen atoms in total. The lowest BCUT2D eigenvalue weighted by Crippen LogP contribution is -2.43. The Morgan fingerprint density at radius 2 is 1.90 bits per heavy atom. The molecule has 20 heavy (non-hydrogen) atoms. The van der Waals surface area contributed by atoms with Crippen molar-refractivity contribution in [1.82, 2.24) is 5.32 Å². The first-order valence-corrected chi connectivity index (χ1v) is 10.2. The first kappa shape index (κ1) is 16.3. The van der Waals surface area contributed by atoms with Gasteiger partial charge < -0.3 is 5.32 Å². The Hall–Kier alpha value is -0.0900. The molecule has 118 valence electrons. The van der Waals surface area contributed by atoms with Crippen LogP contribution in [0.1, 0.15) is 58.3 Å². The van der Waals surface area contributed by atoms with Crippen LogP contribution in [-0.4, -0.2) is 33.5 Å². The second-order valence-electron chi connectivity index (χ2n) is 7.08. The summed E-state index contributed by atoms with van der Waals surface area (Å²) in [6.07, 6.45) is 9.96. The maximum Gasteiger partial charge on any atom is 0.150 e. The smallest absolute Gasteiger partial charge is 0.150 e. The quantitative estimate of drug-likeness (QED) is 0.820. The SMILES string of the molecule is CCCCC1CCC(CNC)(C2CCS(=O)(=O)C2)CC1. The second kappa shape index (κ2) is 6.78. The zero-order valence-electron chi connectivity index (χ0n) is 13.2. The molecule has 0 aromatic rings. The Bertz CT molecular complexity index is 397. The summed E-state index contributed by atoms with van der Waals surface area (Å²) in [6.45, 7) is 3.26. The van der Waals surface area contributed by atoms with Gasteiger partial charge in [0, 0.05) is 6.54 Å². The largest absolute Gasteiger partial charge is 0.319 e. The molecule has 1 unspecified atom stereocenters. The summed E-state index contributed by atoms with van der Waals surface area (Å²) in [7, 11) is -0.748. The highest BCUT2D eigenvalue weighted by molar-refractivity contribution is 7.91. The predicted molar refractivity (Wildman–Crippen MR) is 84.6 cm³/mol. The summed E-state index contributed by atoms with van der Waals surface area (Å²) in [5, 5.41) is 3.35. The van der Waals surface area contributed by atoms with E-state index in [2.05, 4.69) is 12.2 Å². The maximum absolute atomic E-state index is 11.8. The highest BCUT2D eigenvalue weighted by Gasteiger charge is 2.45. The first-order chi connectivity index (χ1) is 9.51. The fraction of sp³-hybridized carbons (Fsp3) is 1.00. The van der Waals surface area contributed by atoms with Crippen LogP contribution >= 0.6 is 0 Å². The van der Waals surface area contributed by atoms with Gasteiger partial charge in [-0.2, -0.15) is 0 Å². The second-order valence-corrected chi connectivity index (χ2v) is 9.31. The minimum Gasteiger partial charge on any atom is -0.319 e. The van der Waals surface area contributed by atoms with Crippen molar-refractivity contribution in [3.8, 4) is 0 Å². The van der Waals surface area contributed by atoms with Crippen LogP contribution in [0.15, 0.2) is 0 Å². The van der Waals surface area contributed by atoms with E-state index in [9.17, 15) is 8.42 Å². The number of rotatable bonds is 6. The van der Waals surface area contributed by atoms with E-state index >= 15 is 0 Å². The summed E-state index contributed by atoms with van der Waals surface area (Å²) in [5.41, 5.74) is 0.251. The minimum atomic E-state index is -2.76. The lowest BCUT2D eigenvalue weighted by atomic mass is 9.62. The molecule has 1 heterocycles. The molecule has 1 saturated heterocycles. The highest BCUT2D eigenvalue weighted by atomic mass is 32.2. The first-order valence-electron chi connectivity index (χ1n) is 8.36. The van der Waals surface area contributed by atoms with Crippen LogP contribution in [0.2, 0.25) is 0 Å². The van der Waals surface area contributed by atoms with Crippen molar-refractivity contribution in [2.75, 3.05) is 25.1 Å². The third-order valence-corrected chi connectivity index (χ3v) is 7.46. The van der Waals surface area contributed by atoms with Gasteiger partial charge in [0.1, 0.15) is 0 Å². The van der Waals surface area contributed by atoms with Crippen LogP contribution in [0.4, 0.5) is 0 Å². The van der Waals surface area contributed by atoms with Crippen LogP contribution in [0, 0.1) is 17.3 Å². The standard InChI is InChI=1S/C16H31NO2S/c1-3-4-5-14-6-9-16(10-7-14,13-17-2)15-8-11-20(18,19)12-15/h14-15,17H,3-13H2,1-2H3. The van der Waals surface area contributed by atoms with Gasteiger partial charge in [0.25, 0.3) is 0 Å². The van der Waals surface area contributed by atoms with Gasteiger partial charge in [-0.25, -0.2) is 8.42 Å². The van der Waals surface area contributed by atoms with Gasteiger partial charge >= 0.3 is 0 Å². The Morgan fingerprint density at radius 1 is 1.20 bits per heavy atom. The molecular weight excluding hydrogens is 270 g/mol. The maximum atomic E-state index is 11.8. The van der Waals surface area contributed by atoms with Crippen LogP contribution in [0.25, 0.3) is 0 Å². The lowest BCUT2D eigenvalue weighted by molar-refractivity contribution is 0.0824. The van der Waals surface area contributed by atoms with Crippen molar-refractivity contribution in [1.29, 1.82) is 0 Å².